The number of carbonyl (C=O) groups is 1. The minimum Gasteiger partial charge on any atom is -0.294 e. The molecule has 0 heterocycles. The van der Waals surface area contributed by atoms with E-state index in [1.807, 2.05) is 12.1 Å². The molecule has 0 atom stereocenters. The first-order valence-corrected chi connectivity index (χ1v) is 15.1. The van der Waals surface area contributed by atoms with Gasteiger partial charge in [-0.25, -0.2) is 0 Å². The van der Waals surface area contributed by atoms with Crippen LogP contribution in [0.4, 0.5) is 13.2 Å². The van der Waals surface area contributed by atoms with E-state index in [0.29, 0.717) is 11.1 Å². The first-order valence-electron chi connectivity index (χ1n) is 15.1. The Labute approximate surface area is 258 Å². The Morgan fingerprint density at radius 1 is 0.533 bits per heavy atom. The van der Waals surface area contributed by atoms with Gasteiger partial charge in [-0.3, -0.25) is 4.79 Å². The Bertz CT molecular complexity index is 2230. The summed E-state index contributed by atoms with van der Waals surface area (Å²) in [6, 6.07) is 39.7. The number of ketones is 1. The average Bonchev–Trinajstić information content (AvgIpc) is 3.50. The molecule has 1 spiro atoms. The van der Waals surface area contributed by atoms with Crippen LogP contribution in [-0.2, 0) is 18.0 Å². The van der Waals surface area contributed by atoms with Crippen LogP contribution in [0.2, 0.25) is 0 Å². The molecule has 0 fully saturated rings. The Kier molecular flexibility index (Phi) is 5.19. The maximum absolute atomic E-state index is 14.2. The van der Waals surface area contributed by atoms with Crippen LogP contribution in [0.25, 0.3) is 44.5 Å². The fourth-order valence-corrected chi connectivity index (χ4v) is 8.37. The summed E-state index contributed by atoms with van der Waals surface area (Å²) in [5, 5.41) is 0. The summed E-state index contributed by atoms with van der Waals surface area (Å²) in [6.07, 6.45) is -4.52. The second-order valence-electron chi connectivity index (χ2n) is 12.3. The zero-order chi connectivity index (χ0) is 30.7. The van der Waals surface area contributed by atoms with Crippen molar-refractivity contribution in [2.24, 2.45) is 0 Å². The number of hydrogen-bond donors (Lipinski definition) is 0. The quantitative estimate of drug-likeness (QED) is 0.186. The van der Waals surface area contributed by atoms with Crippen molar-refractivity contribution in [3.63, 3.8) is 0 Å². The molecule has 45 heavy (non-hydrogen) atoms. The molecule has 216 valence electrons. The minimum atomic E-state index is -4.58. The van der Waals surface area contributed by atoms with Crippen molar-refractivity contribution >= 4 is 5.78 Å². The normalized spacial score (nSPS) is 14.8. The predicted octanol–water partition coefficient (Wildman–Crippen LogP) is 10.4. The molecule has 0 unspecified atom stereocenters. The van der Waals surface area contributed by atoms with Crippen LogP contribution in [-0.4, -0.2) is 5.78 Å². The largest absolute Gasteiger partial charge is 0.417 e. The lowest BCUT2D eigenvalue weighted by Crippen LogP contribution is -2.26. The zero-order valence-corrected chi connectivity index (χ0v) is 24.3. The van der Waals surface area contributed by atoms with Crippen molar-refractivity contribution in [3.8, 4) is 44.5 Å². The van der Waals surface area contributed by atoms with Crippen LogP contribution in [0.15, 0.2) is 121 Å². The maximum atomic E-state index is 14.2. The number of carbonyl (C=O) groups excluding carboxylic acids is 1. The SMILES string of the molecule is Cc1cc2c(cc1-c1cccc3c1CC(=O)c1cccc(C(F)(F)F)c1-3)-c1ccccc1C21c2ccccc2-c2ccccc21. The summed E-state index contributed by atoms with van der Waals surface area (Å²) >= 11 is 0. The van der Waals surface area contributed by atoms with Crippen LogP contribution in [0.1, 0.15) is 49.3 Å². The molecule has 0 saturated carbocycles. The molecular formula is C41H25F3O. The Hall–Kier alpha value is -5.22. The van der Waals surface area contributed by atoms with Crippen LogP contribution >= 0.6 is 0 Å². The number of benzene rings is 6. The molecule has 0 N–H and O–H groups in total. The standard InChI is InChI=1S/C41H25F3O/c1-23-20-37-32(27-12-4-7-18-35(27)40(37)33-16-5-2-10-25(33)26-11-3-6-17-34(26)40)21-30(23)24-13-8-14-28-31(24)22-38(45)29-15-9-19-36(39(28)29)41(42,43)44/h2-21H,22H2,1H3. The molecular weight excluding hydrogens is 565 g/mol. The molecule has 9 rings (SSSR count). The summed E-state index contributed by atoms with van der Waals surface area (Å²) in [7, 11) is 0. The van der Waals surface area contributed by atoms with Gasteiger partial charge in [-0.2, -0.15) is 13.2 Å². The van der Waals surface area contributed by atoms with Gasteiger partial charge in [0.1, 0.15) is 0 Å². The van der Waals surface area contributed by atoms with E-state index in [4.69, 9.17) is 0 Å². The van der Waals surface area contributed by atoms with Crippen molar-refractivity contribution < 1.29 is 18.0 Å². The Balaban J connectivity index is 1.32. The maximum Gasteiger partial charge on any atom is 0.417 e. The molecule has 0 bridgehead atoms. The van der Waals surface area contributed by atoms with Gasteiger partial charge in [0.05, 0.1) is 11.0 Å². The van der Waals surface area contributed by atoms with E-state index in [1.54, 1.807) is 6.07 Å². The smallest absolute Gasteiger partial charge is 0.294 e. The van der Waals surface area contributed by atoms with E-state index in [1.165, 1.54) is 45.5 Å². The van der Waals surface area contributed by atoms with E-state index in [-0.39, 0.29) is 23.3 Å². The molecule has 3 aliphatic carbocycles. The third kappa shape index (κ3) is 3.32. The number of aryl methyl sites for hydroxylation is 1. The van der Waals surface area contributed by atoms with Gasteiger partial charge < -0.3 is 0 Å². The summed E-state index contributed by atoms with van der Waals surface area (Å²) in [6.45, 7) is 2.07. The molecule has 6 aromatic rings. The Morgan fingerprint density at radius 3 is 1.67 bits per heavy atom. The molecule has 6 aromatic carbocycles. The van der Waals surface area contributed by atoms with Crippen LogP contribution < -0.4 is 0 Å². The third-order valence-electron chi connectivity index (χ3n) is 10.1. The summed E-state index contributed by atoms with van der Waals surface area (Å²) in [4.78, 5) is 13.4. The van der Waals surface area contributed by atoms with Crippen LogP contribution in [0, 0.1) is 6.92 Å². The monoisotopic (exact) mass is 590 g/mol. The fourth-order valence-electron chi connectivity index (χ4n) is 8.37. The second kappa shape index (κ2) is 8.92. The summed E-state index contributed by atoms with van der Waals surface area (Å²) < 4.78 is 42.7. The van der Waals surface area contributed by atoms with E-state index in [9.17, 15) is 18.0 Å². The number of Topliss-reactive ketones (excluding diaryl/α,β-unsaturated/α-hetero) is 1. The highest BCUT2D eigenvalue weighted by Gasteiger charge is 2.51. The summed E-state index contributed by atoms with van der Waals surface area (Å²) in [5.74, 6) is -0.293. The number of hydrogen-bond acceptors (Lipinski definition) is 1. The van der Waals surface area contributed by atoms with E-state index >= 15 is 0 Å². The first-order chi connectivity index (χ1) is 21.8. The van der Waals surface area contributed by atoms with Crippen LogP contribution in [0.3, 0.4) is 0 Å². The fraction of sp³-hybridized carbons (Fsp3) is 0.0976. The van der Waals surface area contributed by atoms with Gasteiger partial charge in [0.2, 0.25) is 0 Å². The Morgan fingerprint density at radius 2 is 1.04 bits per heavy atom. The van der Waals surface area contributed by atoms with Gasteiger partial charge in [0, 0.05) is 17.5 Å². The van der Waals surface area contributed by atoms with Gasteiger partial charge in [0.15, 0.2) is 5.78 Å². The van der Waals surface area contributed by atoms with Crippen molar-refractivity contribution in [1.82, 2.24) is 0 Å². The van der Waals surface area contributed by atoms with Crippen molar-refractivity contribution in [3.05, 3.63) is 166 Å². The average molecular weight is 591 g/mol. The molecule has 3 aliphatic rings. The van der Waals surface area contributed by atoms with Gasteiger partial charge in [-0.1, -0.05) is 109 Å². The molecule has 0 radical (unpaired) electrons. The molecule has 0 amide bonds. The van der Waals surface area contributed by atoms with Crippen LogP contribution in [0.5, 0.6) is 0 Å². The van der Waals surface area contributed by atoms with E-state index < -0.39 is 17.2 Å². The topological polar surface area (TPSA) is 17.1 Å². The minimum absolute atomic E-state index is 0.0135. The van der Waals surface area contributed by atoms with Crippen molar-refractivity contribution in [1.29, 1.82) is 0 Å². The van der Waals surface area contributed by atoms with Gasteiger partial charge in [0.25, 0.3) is 0 Å². The molecule has 0 aromatic heterocycles. The first kappa shape index (κ1) is 26.2. The van der Waals surface area contributed by atoms with Gasteiger partial charge in [-0.05, 0) is 91.4 Å². The van der Waals surface area contributed by atoms with Gasteiger partial charge in [-0.15, -0.1) is 0 Å². The predicted molar refractivity (Wildman–Crippen MR) is 171 cm³/mol. The molecule has 4 heteroatoms. The second-order valence-corrected chi connectivity index (χ2v) is 12.3. The number of halogens is 3. The van der Waals surface area contributed by atoms with Gasteiger partial charge >= 0.3 is 6.18 Å². The van der Waals surface area contributed by atoms with Crippen molar-refractivity contribution in [2.45, 2.75) is 24.9 Å². The highest BCUT2D eigenvalue weighted by molar-refractivity contribution is 6.10. The lowest BCUT2D eigenvalue weighted by molar-refractivity contribution is -0.137. The zero-order valence-electron chi connectivity index (χ0n) is 24.3. The molecule has 0 aliphatic heterocycles. The van der Waals surface area contributed by atoms with Crippen molar-refractivity contribution in [2.75, 3.05) is 0 Å². The lowest BCUT2D eigenvalue weighted by Gasteiger charge is -2.31. The number of rotatable bonds is 1. The van der Waals surface area contributed by atoms with E-state index in [2.05, 4.69) is 91.9 Å². The number of fused-ring (bicyclic) bond motifs is 13. The third-order valence-corrected chi connectivity index (χ3v) is 10.1. The lowest BCUT2D eigenvalue weighted by atomic mass is 9.70. The highest BCUT2D eigenvalue weighted by atomic mass is 19.4. The molecule has 0 saturated heterocycles. The molecule has 1 nitrogen and oxygen atoms in total. The van der Waals surface area contributed by atoms with E-state index in [0.717, 1.165) is 33.9 Å². The summed E-state index contributed by atoms with van der Waals surface area (Å²) in [5.41, 5.74) is 12.4. The highest BCUT2D eigenvalue weighted by Crippen LogP contribution is 2.63. The number of alkyl halides is 3.